The standard InChI is InChI=1S/C13H20BrN/c1-5-15-13(9(2)3)11-6-10(4)7-12(14)8-11/h6-9,13,15H,5H2,1-4H3. The lowest BCUT2D eigenvalue weighted by atomic mass is 9.95. The van der Waals surface area contributed by atoms with Crippen molar-refractivity contribution in [1.82, 2.24) is 5.32 Å². The van der Waals surface area contributed by atoms with Gasteiger partial charge in [0.15, 0.2) is 0 Å². The van der Waals surface area contributed by atoms with Crippen molar-refractivity contribution in [2.45, 2.75) is 33.7 Å². The lowest BCUT2D eigenvalue weighted by Gasteiger charge is -2.23. The van der Waals surface area contributed by atoms with Crippen LogP contribution < -0.4 is 5.32 Å². The van der Waals surface area contributed by atoms with E-state index in [0.717, 1.165) is 6.54 Å². The first-order valence-electron chi connectivity index (χ1n) is 5.55. The van der Waals surface area contributed by atoms with E-state index in [1.54, 1.807) is 0 Å². The van der Waals surface area contributed by atoms with Crippen molar-refractivity contribution < 1.29 is 0 Å². The number of nitrogens with one attached hydrogen (secondary N) is 1. The molecule has 0 aliphatic carbocycles. The predicted octanol–water partition coefficient (Wildman–Crippen LogP) is 4.06. The van der Waals surface area contributed by atoms with Gasteiger partial charge in [-0.25, -0.2) is 0 Å². The van der Waals surface area contributed by atoms with Gasteiger partial charge in [-0.15, -0.1) is 0 Å². The minimum absolute atomic E-state index is 0.450. The fourth-order valence-corrected chi connectivity index (χ4v) is 2.53. The molecule has 1 N–H and O–H groups in total. The maximum absolute atomic E-state index is 3.55. The molecule has 2 heteroatoms. The monoisotopic (exact) mass is 269 g/mol. The highest BCUT2D eigenvalue weighted by Gasteiger charge is 2.14. The van der Waals surface area contributed by atoms with Gasteiger partial charge in [-0.1, -0.05) is 42.8 Å². The first-order chi connectivity index (χ1) is 7.04. The highest BCUT2D eigenvalue weighted by molar-refractivity contribution is 9.10. The van der Waals surface area contributed by atoms with Gasteiger partial charge in [0.2, 0.25) is 0 Å². The van der Waals surface area contributed by atoms with Crippen LogP contribution in [-0.4, -0.2) is 6.54 Å². The predicted molar refractivity (Wildman–Crippen MR) is 70.1 cm³/mol. The molecule has 15 heavy (non-hydrogen) atoms. The highest BCUT2D eigenvalue weighted by atomic mass is 79.9. The molecule has 1 unspecified atom stereocenters. The second-order valence-electron chi connectivity index (χ2n) is 4.34. The Morgan fingerprint density at radius 1 is 1.27 bits per heavy atom. The molecule has 0 heterocycles. The van der Waals surface area contributed by atoms with Crippen LogP contribution in [0.4, 0.5) is 0 Å². The molecule has 0 aliphatic heterocycles. The lowest BCUT2D eigenvalue weighted by molar-refractivity contribution is 0.421. The Morgan fingerprint density at radius 2 is 1.93 bits per heavy atom. The zero-order valence-electron chi connectivity index (χ0n) is 9.97. The van der Waals surface area contributed by atoms with Crippen molar-refractivity contribution in [1.29, 1.82) is 0 Å². The van der Waals surface area contributed by atoms with Crippen molar-refractivity contribution >= 4 is 15.9 Å². The molecule has 0 bridgehead atoms. The van der Waals surface area contributed by atoms with Crippen molar-refractivity contribution in [3.8, 4) is 0 Å². The molecule has 0 spiro atoms. The van der Waals surface area contributed by atoms with E-state index in [-0.39, 0.29) is 0 Å². The molecule has 0 aliphatic rings. The summed E-state index contributed by atoms with van der Waals surface area (Å²) in [6, 6.07) is 7.07. The van der Waals surface area contributed by atoms with Gasteiger partial charge >= 0.3 is 0 Å². The van der Waals surface area contributed by atoms with E-state index in [0.29, 0.717) is 12.0 Å². The quantitative estimate of drug-likeness (QED) is 0.869. The zero-order chi connectivity index (χ0) is 11.4. The van der Waals surface area contributed by atoms with Crippen LogP contribution in [0.25, 0.3) is 0 Å². The molecule has 1 aromatic rings. The molecular formula is C13H20BrN. The van der Waals surface area contributed by atoms with Gasteiger partial charge in [0.25, 0.3) is 0 Å². The molecule has 1 aromatic carbocycles. The Hall–Kier alpha value is -0.340. The van der Waals surface area contributed by atoms with Gasteiger partial charge in [0, 0.05) is 10.5 Å². The molecule has 1 rings (SSSR count). The minimum atomic E-state index is 0.450. The summed E-state index contributed by atoms with van der Waals surface area (Å²) in [6.07, 6.45) is 0. The number of aryl methyl sites for hydroxylation is 1. The van der Waals surface area contributed by atoms with Crippen molar-refractivity contribution in [3.05, 3.63) is 33.8 Å². The molecule has 0 aromatic heterocycles. The van der Waals surface area contributed by atoms with Gasteiger partial charge in [-0.05, 0) is 42.6 Å². The average Bonchev–Trinajstić information content (AvgIpc) is 2.11. The Morgan fingerprint density at radius 3 is 2.40 bits per heavy atom. The first kappa shape index (κ1) is 12.7. The molecular weight excluding hydrogens is 250 g/mol. The zero-order valence-corrected chi connectivity index (χ0v) is 11.6. The van der Waals surface area contributed by atoms with Crippen LogP contribution in [0.5, 0.6) is 0 Å². The third-order valence-electron chi connectivity index (χ3n) is 2.51. The maximum atomic E-state index is 3.55. The molecule has 0 saturated carbocycles. The van der Waals surface area contributed by atoms with Crippen LogP contribution in [-0.2, 0) is 0 Å². The van der Waals surface area contributed by atoms with Crippen LogP contribution in [0.15, 0.2) is 22.7 Å². The molecule has 0 radical (unpaired) electrons. The molecule has 1 atom stereocenters. The van der Waals surface area contributed by atoms with E-state index in [2.05, 4.69) is 67.1 Å². The van der Waals surface area contributed by atoms with Gasteiger partial charge in [-0.2, -0.15) is 0 Å². The molecule has 0 saturated heterocycles. The Bertz CT molecular complexity index is 300. The molecule has 0 fully saturated rings. The third-order valence-corrected chi connectivity index (χ3v) is 2.97. The van der Waals surface area contributed by atoms with E-state index >= 15 is 0 Å². The summed E-state index contributed by atoms with van der Waals surface area (Å²) in [5.74, 6) is 0.610. The summed E-state index contributed by atoms with van der Waals surface area (Å²) >= 11 is 3.55. The summed E-state index contributed by atoms with van der Waals surface area (Å²) in [5, 5.41) is 3.53. The smallest absolute Gasteiger partial charge is 0.0343 e. The highest BCUT2D eigenvalue weighted by Crippen LogP contribution is 2.25. The van der Waals surface area contributed by atoms with E-state index < -0.39 is 0 Å². The number of hydrogen-bond donors (Lipinski definition) is 1. The molecule has 0 amide bonds. The van der Waals surface area contributed by atoms with E-state index in [9.17, 15) is 0 Å². The normalized spacial score (nSPS) is 13.2. The van der Waals surface area contributed by atoms with Crippen molar-refractivity contribution in [2.75, 3.05) is 6.54 Å². The van der Waals surface area contributed by atoms with E-state index in [1.807, 2.05) is 0 Å². The van der Waals surface area contributed by atoms with Crippen LogP contribution in [0, 0.1) is 12.8 Å². The van der Waals surface area contributed by atoms with Crippen LogP contribution in [0.1, 0.15) is 37.9 Å². The third kappa shape index (κ3) is 3.62. The summed E-state index contributed by atoms with van der Waals surface area (Å²) in [5.41, 5.74) is 2.68. The fourth-order valence-electron chi connectivity index (χ4n) is 1.90. The Labute approximate surface area is 101 Å². The number of halogens is 1. The number of rotatable bonds is 4. The van der Waals surface area contributed by atoms with Gasteiger partial charge < -0.3 is 5.32 Å². The summed E-state index contributed by atoms with van der Waals surface area (Å²) in [6.45, 7) is 9.80. The Balaban J connectivity index is 2.99. The lowest BCUT2D eigenvalue weighted by Crippen LogP contribution is -2.25. The van der Waals surface area contributed by atoms with Crippen molar-refractivity contribution in [3.63, 3.8) is 0 Å². The minimum Gasteiger partial charge on any atom is -0.310 e. The second-order valence-corrected chi connectivity index (χ2v) is 5.26. The summed E-state index contributed by atoms with van der Waals surface area (Å²) in [7, 11) is 0. The molecule has 84 valence electrons. The second kappa shape index (κ2) is 5.66. The average molecular weight is 270 g/mol. The first-order valence-corrected chi connectivity index (χ1v) is 6.34. The topological polar surface area (TPSA) is 12.0 Å². The summed E-state index contributed by atoms with van der Waals surface area (Å²) < 4.78 is 1.17. The van der Waals surface area contributed by atoms with Crippen molar-refractivity contribution in [2.24, 2.45) is 5.92 Å². The maximum Gasteiger partial charge on any atom is 0.0343 e. The van der Waals surface area contributed by atoms with E-state index in [1.165, 1.54) is 15.6 Å². The van der Waals surface area contributed by atoms with Crippen LogP contribution >= 0.6 is 15.9 Å². The SMILES string of the molecule is CCNC(c1cc(C)cc(Br)c1)C(C)C. The fraction of sp³-hybridized carbons (Fsp3) is 0.538. The van der Waals surface area contributed by atoms with Gasteiger partial charge in [0.05, 0.1) is 0 Å². The van der Waals surface area contributed by atoms with Crippen LogP contribution in [0.2, 0.25) is 0 Å². The largest absolute Gasteiger partial charge is 0.310 e. The summed E-state index contributed by atoms with van der Waals surface area (Å²) in [4.78, 5) is 0. The van der Waals surface area contributed by atoms with Gasteiger partial charge in [-0.3, -0.25) is 0 Å². The van der Waals surface area contributed by atoms with E-state index in [4.69, 9.17) is 0 Å². The van der Waals surface area contributed by atoms with Crippen LogP contribution in [0.3, 0.4) is 0 Å². The Kier molecular flexibility index (Phi) is 4.81. The number of hydrogen-bond acceptors (Lipinski definition) is 1. The number of benzene rings is 1. The molecule has 1 nitrogen and oxygen atoms in total. The van der Waals surface area contributed by atoms with Gasteiger partial charge in [0.1, 0.15) is 0 Å².